The van der Waals surface area contributed by atoms with Gasteiger partial charge in [0, 0.05) is 12.4 Å². The first-order valence-electron chi connectivity index (χ1n) is 12.1. The number of nitriles is 1. The highest BCUT2D eigenvalue weighted by Gasteiger charge is 2.20. The van der Waals surface area contributed by atoms with Crippen LogP contribution in [0.5, 0.6) is 11.5 Å². The molecule has 1 unspecified atom stereocenters. The van der Waals surface area contributed by atoms with E-state index in [1.165, 1.54) is 18.2 Å². The van der Waals surface area contributed by atoms with Crippen molar-refractivity contribution in [3.63, 3.8) is 0 Å². The molecule has 10 nitrogen and oxygen atoms in total. The number of aliphatic hydroxyl groups is 1. The van der Waals surface area contributed by atoms with Crippen LogP contribution in [-0.2, 0) is 11.8 Å². The van der Waals surface area contributed by atoms with Gasteiger partial charge in [-0.15, -0.1) is 0 Å². The largest absolute Gasteiger partial charge is 0.491 e. The minimum absolute atomic E-state index is 0.0292. The van der Waals surface area contributed by atoms with Crippen molar-refractivity contribution < 1.29 is 34.0 Å². The van der Waals surface area contributed by atoms with E-state index in [2.05, 4.69) is 5.32 Å². The number of benzene rings is 3. The van der Waals surface area contributed by atoms with Crippen molar-refractivity contribution in [2.75, 3.05) is 31.7 Å². The number of carbonyl (C=O) groups excluding carboxylic acids is 1. The van der Waals surface area contributed by atoms with E-state index >= 15 is 0 Å². The molecule has 0 saturated carbocycles. The van der Waals surface area contributed by atoms with Crippen molar-refractivity contribution >= 4 is 28.5 Å². The van der Waals surface area contributed by atoms with Crippen molar-refractivity contribution in [1.29, 1.82) is 5.26 Å². The second kappa shape index (κ2) is 12.6. The second-order valence-corrected chi connectivity index (χ2v) is 8.62. The number of nitrogens with zero attached hydrogens (tertiary/aromatic N) is 2. The highest BCUT2D eigenvalue weighted by atomic mass is 16.5. The van der Waals surface area contributed by atoms with Gasteiger partial charge in [-0.05, 0) is 42.5 Å². The normalized spacial score (nSPS) is 11.5. The van der Waals surface area contributed by atoms with Gasteiger partial charge in [0.25, 0.3) is 5.91 Å². The predicted molar refractivity (Wildman–Crippen MR) is 143 cm³/mol. The third-order valence-electron chi connectivity index (χ3n) is 5.86. The Kier molecular flexibility index (Phi) is 8.78. The Hall–Kier alpha value is -4.85. The van der Waals surface area contributed by atoms with E-state index in [-0.39, 0.29) is 35.7 Å². The number of carbonyl (C=O) groups is 2. The van der Waals surface area contributed by atoms with Gasteiger partial charge in [-0.1, -0.05) is 30.3 Å². The summed E-state index contributed by atoms with van der Waals surface area (Å²) >= 11 is 0. The fourth-order valence-electron chi connectivity index (χ4n) is 3.99. The number of aliphatic hydroxyl groups excluding tert-OH is 1. The minimum Gasteiger partial charge on any atom is -0.491 e. The Morgan fingerprint density at radius 3 is 2.54 bits per heavy atom. The lowest BCUT2D eigenvalue weighted by atomic mass is 10.1. The SMILES string of the molecule is Cn1c(C(=O)Nc2ccc(C#N)cc2C(=O)O)cc2cccc(OCC(O)COCCOc3ccccc3)c21. The number of aromatic nitrogens is 1. The van der Waals surface area contributed by atoms with Crippen LogP contribution in [0.25, 0.3) is 10.9 Å². The van der Waals surface area contributed by atoms with E-state index in [9.17, 15) is 19.8 Å². The molecule has 0 spiro atoms. The molecule has 0 saturated heterocycles. The summed E-state index contributed by atoms with van der Waals surface area (Å²) in [6, 6.07) is 22.2. The molecular weight excluding hydrogens is 502 g/mol. The van der Waals surface area contributed by atoms with Gasteiger partial charge in [0.2, 0.25) is 0 Å². The maximum Gasteiger partial charge on any atom is 0.337 e. The number of carboxylic acid groups (broad SMARTS) is 1. The van der Waals surface area contributed by atoms with E-state index in [0.29, 0.717) is 24.5 Å². The molecule has 0 aliphatic carbocycles. The van der Waals surface area contributed by atoms with Crippen LogP contribution in [0, 0.1) is 11.3 Å². The van der Waals surface area contributed by atoms with Gasteiger partial charge in [0.05, 0.1) is 41.6 Å². The monoisotopic (exact) mass is 529 g/mol. The molecule has 0 fully saturated rings. The summed E-state index contributed by atoms with van der Waals surface area (Å²) in [5.41, 5.74) is 0.956. The van der Waals surface area contributed by atoms with Gasteiger partial charge in [0.15, 0.2) is 0 Å². The molecule has 39 heavy (non-hydrogen) atoms. The number of para-hydroxylation sites is 2. The molecule has 3 N–H and O–H groups in total. The Morgan fingerprint density at radius 2 is 1.79 bits per heavy atom. The molecule has 0 aliphatic heterocycles. The molecule has 0 bridgehead atoms. The van der Waals surface area contributed by atoms with E-state index in [1.807, 2.05) is 42.5 Å². The Balaban J connectivity index is 1.37. The molecule has 4 aromatic rings. The zero-order valence-corrected chi connectivity index (χ0v) is 21.2. The molecule has 3 aromatic carbocycles. The lowest BCUT2D eigenvalue weighted by Gasteiger charge is -2.15. The van der Waals surface area contributed by atoms with Crippen LogP contribution in [0.2, 0.25) is 0 Å². The van der Waals surface area contributed by atoms with Crippen LogP contribution in [0.3, 0.4) is 0 Å². The summed E-state index contributed by atoms with van der Waals surface area (Å²) in [5, 5.41) is 32.2. The van der Waals surface area contributed by atoms with Gasteiger partial charge in [0.1, 0.15) is 36.5 Å². The predicted octanol–water partition coefficient (Wildman–Crippen LogP) is 3.84. The molecule has 10 heteroatoms. The highest BCUT2D eigenvalue weighted by Crippen LogP contribution is 2.29. The number of aryl methyl sites for hydroxylation is 1. The average molecular weight is 530 g/mol. The number of anilines is 1. The maximum atomic E-state index is 13.1. The van der Waals surface area contributed by atoms with E-state index in [0.717, 1.165) is 11.1 Å². The minimum atomic E-state index is -1.26. The third kappa shape index (κ3) is 6.73. The number of rotatable bonds is 12. The first-order valence-corrected chi connectivity index (χ1v) is 12.1. The molecular formula is C29H27N3O7. The van der Waals surface area contributed by atoms with Crippen LogP contribution < -0.4 is 14.8 Å². The van der Waals surface area contributed by atoms with Gasteiger partial charge in [-0.25, -0.2) is 4.79 Å². The fraction of sp³-hybridized carbons (Fsp3) is 0.207. The topological polar surface area (TPSA) is 143 Å². The average Bonchev–Trinajstić information content (AvgIpc) is 3.29. The third-order valence-corrected chi connectivity index (χ3v) is 5.86. The van der Waals surface area contributed by atoms with Crippen molar-refractivity contribution in [3.8, 4) is 17.6 Å². The summed E-state index contributed by atoms with van der Waals surface area (Å²) in [4.78, 5) is 24.7. The summed E-state index contributed by atoms with van der Waals surface area (Å²) in [5.74, 6) is -0.586. The van der Waals surface area contributed by atoms with E-state index in [4.69, 9.17) is 19.5 Å². The number of carboxylic acids is 1. The van der Waals surface area contributed by atoms with E-state index < -0.39 is 18.0 Å². The van der Waals surface area contributed by atoms with Crippen molar-refractivity contribution in [3.05, 3.63) is 89.6 Å². The Bertz CT molecular complexity index is 1510. The number of ether oxygens (including phenoxy) is 3. The van der Waals surface area contributed by atoms with Gasteiger partial charge >= 0.3 is 5.97 Å². The zero-order valence-electron chi connectivity index (χ0n) is 21.2. The first kappa shape index (κ1) is 27.2. The van der Waals surface area contributed by atoms with Crippen LogP contribution in [0.1, 0.15) is 26.4 Å². The molecule has 1 amide bonds. The number of fused-ring (bicyclic) bond motifs is 1. The molecule has 0 radical (unpaired) electrons. The molecule has 200 valence electrons. The van der Waals surface area contributed by atoms with Crippen molar-refractivity contribution in [2.45, 2.75) is 6.10 Å². The number of hydrogen-bond acceptors (Lipinski definition) is 7. The Morgan fingerprint density at radius 1 is 1.00 bits per heavy atom. The number of aromatic carboxylic acids is 1. The number of nitrogens with one attached hydrogen (secondary N) is 1. The smallest absolute Gasteiger partial charge is 0.337 e. The van der Waals surface area contributed by atoms with Crippen LogP contribution in [0.4, 0.5) is 5.69 Å². The summed E-state index contributed by atoms with van der Waals surface area (Å²) in [6.45, 7) is 0.687. The van der Waals surface area contributed by atoms with Crippen molar-refractivity contribution in [2.24, 2.45) is 7.05 Å². The van der Waals surface area contributed by atoms with Crippen LogP contribution in [-0.4, -0.2) is 59.2 Å². The quantitative estimate of drug-likeness (QED) is 0.235. The molecule has 1 atom stereocenters. The lowest BCUT2D eigenvalue weighted by Crippen LogP contribution is -2.24. The molecule has 1 aromatic heterocycles. The first-order chi connectivity index (χ1) is 18.9. The van der Waals surface area contributed by atoms with Crippen LogP contribution in [0.15, 0.2) is 72.8 Å². The summed E-state index contributed by atoms with van der Waals surface area (Å²) in [7, 11) is 1.69. The summed E-state index contributed by atoms with van der Waals surface area (Å²) < 4.78 is 18.5. The maximum absolute atomic E-state index is 13.1. The highest BCUT2D eigenvalue weighted by molar-refractivity contribution is 6.09. The number of hydrogen-bond donors (Lipinski definition) is 3. The number of amides is 1. The van der Waals surface area contributed by atoms with Crippen LogP contribution >= 0.6 is 0 Å². The molecule has 1 heterocycles. The molecule has 0 aliphatic rings. The van der Waals surface area contributed by atoms with Gasteiger partial charge in [-0.2, -0.15) is 5.26 Å². The fourth-order valence-corrected chi connectivity index (χ4v) is 3.99. The molecule has 4 rings (SSSR count). The summed E-state index contributed by atoms with van der Waals surface area (Å²) in [6.07, 6.45) is -0.883. The van der Waals surface area contributed by atoms with E-state index in [1.54, 1.807) is 29.8 Å². The van der Waals surface area contributed by atoms with Gasteiger partial charge < -0.3 is 34.3 Å². The Labute approximate surface area is 224 Å². The second-order valence-electron chi connectivity index (χ2n) is 8.62. The zero-order chi connectivity index (χ0) is 27.8. The standard InChI is InChI=1S/C29H27N3O7/c1-32-25(28(34)31-24-11-10-19(16-30)14-23(24)29(35)36)15-20-6-5-9-26(27(20)32)39-18-21(33)17-37-12-13-38-22-7-3-2-4-8-22/h2-11,14-15,21,33H,12-13,17-18H2,1H3,(H,31,34)(H,35,36). The van der Waals surface area contributed by atoms with Gasteiger partial charge in [-0.3, -0.25) is 4.79 Å². The van der Waals surface area contributed by atoms with Crippen molar-refractivity contribution in [1.82, 2.24) is 4.57 Å². The lowest BCUT2D eigenvalue weighted by molar-refractivity contribution is 0.00394.